The number of hydrogen-bond acceptors (Lipinski definition) is 3. The van der Waals surface area contributed by atoms with Crippen molar-refractivity contribution in [2.24, 2.45) is 0 Å². The van der Waals surface area contributed by atoms with Crippen LogP contribution in [0.3, 0.4) is 0 Å². The zero-order valence-corrected chi connectivity index (χ0v) is 10.2. The fourth-order valence-electron chi connectivity index (χ4n) is 2.19. The van der Waals surface area contributed by atoms with Gasteiger partial charge >= 0.3 is 0 Å². The topological polar surface area (TPSA) is 61.4 Å². The van der Waals surface area contributed by atoms with Gasteiger partial charge in [0.15, 0.2) is 0 Å². The fourth-order valence-corrected chi connectivity index (χ4v) is 2.19. The Morgan fingerprint density at radius 3 is 2.69 bits per heavy atom. The van der Waals surface area contributed by atoms with Crippen molar-refractivity contribution in [2.75, 3.05) is 13.2 Å². The van der Waals surface area contributed by atoms with Gasteiger partial charge in [0.2, 0.25) is 5.91 Å². The third kappa shape index (κ3) is 4.94. The molecular weight excluding hydrogens is 204 g/mol. The molecule has 1 rings (SSSR count). The Morgan fingerprint density at radius 1 is 1.44 bits per heavy atom. The van der Waals surface area contributed by atoms with Crippen LogP contribution in [-0.2, 0) is 4.79 Å². The molecule has 0 aromatic carbocycles. The van der Waals surface area contributed by atoms with E-state index in [1.807, 2.05) is 0 Å². The highest BCUT2D eigenvalue weighted by molar-refractivity contribution is 5.78. The zero-order valence-electron chi connectivity index (χ0n) is 10.2. The molecule has 0 saturated heterocycles. The summed E-state index contributed by atoms with van der Waals surface area (Å²) in [5.74, 6) is 0.0864. The Labute approximate surface area is 97.8 Å². The Morgan fingerprint density at radius 2 is 2.12 bits per heavy atom. The van der Waals surface area contributed by atoms with Gasteiger partial charge in [0.25, 0.3) is 0 Å². The summed E-state index contributed by atoms with van der Waals surface area (Å²) < 4.78 is 0. The van der Waals surface area contributed by atoms with Gasteiger partial charge in [-0.2, -0.15) is 0 Å². The van der Waals surface area contributed by atoms with Crippen molar-refractivity contribution in [3.8, 4) is 0 Å². The van der Waals surface area contributed by atoms with Crippen LogP contribution >= 0.6 is 0 Å². The molecule has 0 aromatic heterocycles. The molecule has 4 heteroatoms. The molecule has 0 spiro atoms. The van der Waals surface area contributed by atoms with E-state index in [9.17, 15) is 4.79 Å². The molecule has 94 valence electrons. The van der Waals surface area contributed by atoms with Crippen LogP contribution in [0, 0.1) is 0 Å². The predicted molar refractivity (Wildman–Crippen MR) is 64.2 cm³/mol. The third-order valence-corrected chi connectivity index (χ3v) is 3.24. The Bertz CT molecular complexity index is 203. The van der Waals surface area contributed by atoms with Crippen molar-refractivity contribution >= 4 is 5.91 Å². The highest BCUT2D eigenvalue weighted by Gasteiger charge is 2.17. The van der Waals surface area contributed by atoms with Gasteiger partial charge in [-0.25, -0.2) is 0 Å². The molecule has 4 nitrogen and oxygen atoms in total. The monoisotopic (exact) mass is 228 g/mol. The quantitative estimate of drug-likeness (QED) is 0.604. The van der Waals surface area contributed by atoms with Crippen molar-refractivity contribution in [1.82, 2.24) is 10.6 Å². The van der Waals surface area contributed by atoms with Crippen LogP contribution in [0.15, 0.2) is 0 Å². The standard InChI is InChI=1S/C12H24N2O2/c1-2-10(7-8-15)13-9-12(16)14-11-5-3-4-6-11/h10-11,13,15H,2-9H2,1H3,(H,14,16). The van der Waals surface area contributed by atoms with E-state index in [4.69, 9.17) is 5.11 Å². The van der Waals surface area contributed by atoms with Gasteiger partial charge in [-0.05, 0) is 25.7 Å². The molecule has 1 amide bonds. The summed E-state index contributed by atoms with van der Waals surface area (Å²) in [6.07, 6.45) is 6.38. The van der Waals surface area contributed by atoms with Crippen molar-refractivity contribution in [1.29, 1.82) is 0 Å². The summed E-state index contributed by atoms with van der Waals surface area (Å²) in [4.78, 5) is 11.6. The van der Waals surface area contributed by atoms with E-state index < -0.39 is 0 Å². The number of nitrogens with one attached hydrogen (secondary N) is 2. The second-order valence-corrected chi connectivity index (χ2v) is 4.55. The molecule has 0 bridgehead atoms. The zero-order chi connectivity index (χ0) is 11.8. The Hall–Kier alpha value is -0.610. The third-order valence-electron chi connectivity index (χ3n) is 3.24. The lowest BCUT2D eigenvalue weighted by molar-refractivity contribution is -0.121. The summed E-state index contributed by atoms with van der Waals surface area (Å²) in [5.41, 5.74) is 0. The van der Waals surface area contributed by atoms with Crippen LogP contribution in [0.5, 0.6) is 0 Å². The lowest BCUT2D eigenvalue weighted by atomic mass is 10.1. The van der Waals surface area contributed by atoms with Crippen molar-refractivity contribution in [3.05, 3.63) is 0 Å². The van der Waals surface area contributed by atoms with Crippen LogP contribution in [0.25, 0.3) is 0 Å². The first-order valence-corrected chi connectivity index (χ1v) is 6.39. The highest BCUT2D eigenvalue weighted by atomic mass is 16.3. The molecule has 0 heterocycles. The molecule has 1 fully saturated rings. The summed E-state index contributed by atoms with van der Waals surface area (Å²) in [6.45, 7) is 2.60. The molecule has 3 N–H and O–H groups in total. The van der Waals surface area contributed by atoms with E-state index in [1.54, 1.807) is 0 Å². The van der Waals surface area contributed by atoms with E-state index in [-0.39, 0.29) is 18.6 Å². The van der Waals surface area contributed by atoms with Crippen LogP contribution in [-0.4, -0.2) is 36.2 Å². The molecule has 1 unspecified atom stereocenters. The first-order chi connectivity index (χ1) is 7.76. The maximum Gasteiger partial charge on any atom is 0.234 e. The van der Waals surface area contributed by atoms with Gasteiger partial charge in [-0.3, -0.25) is 4.79 Å². The molecule has 1 saturated carbocycles. The predicted octanol–water partition coefficient (Wildman–Crippen LogP) is 0.796. The average Bonchev–Trinajstić information content (AvgIpc) is 2.76. The van der Waals surface area contributed by atoms with Crippen molar-refractivity contribution in [3.63, 3.8) is 0 Å². The van der Waals surface area contributed by atoms with Gasteiger partial charge < -0.3 is 15.7 Å². The number of carbonyl (C=O) groups is 1. The summed E-state index contributed by atoms with van der Waals surface area (Å²) >= 11 is 0. The summed E-state index contributed by atoms with van der Waals surface area (Å²) in [7, 11) is 0. The normalized spacial score (nSPS) is 18.6. The first kappa shape index (κ1) is 13.5. The van der Waals surface area contributed by atoms with E-state index in [1.165, 1.54) is 12.8 Å². The molecular formula is C12H24N2O2. The van der Waals surface area contributed by atoms with Crippen molar-refractivity contribution < 1.29 is 9.90 Å². The van der Waals surface area contributed by atoms with E-state index in [2.05, 4.69) is 17.6 Å². The maximum absolute atomic E-state index is 11.6. The molecule has 0 radical (unpaired) electrons. The highest BCUT2D eigenvalue weighted by Crippen LogP contribution is 2.17. The molecule has 0 aromatic rings. The average molecular weight is 228 g/mol. The molecule has 1 aliphatic carbocycles. The van der Waals surface area contributed by atoms with E-state index in [0.717, 1.165) is 19.3 Å². The van der Waals surface area contributed by atoms with Crippen LogP contribution in [0.4, 0.5) is 0 Å². The number of carbonyl (C=O) groups excluding carboxylic acids is 1. The van der Waals surface area contributed by atoms with Gasteiger partial charge in [0.1, 0.15) is 0 Å². The van der Waals surface area contributed by atoms with Crippen LogP contribution < -0.4 is 10.6 Å². The number of aliphatic hydroxyl groups is 1. The minimum atomic E-state index is 0.0864. The largest absolute Gasteiger partial charge is 0.396 e. The minimum absolute atomic E-state index is 0.0864. The van der Waals surface area contributed by atoms with E-state index in [0.29, 0.717) is 19.0 Å². The number of amides is 1. The van der Waals surface area contributed by atoms with Gasteiger partial charge in [0.05, 0.1) is 6.54 Å². The van der Waals surface area contributed by atoms with Gasteiger partial charge in [-0.1, -0.05) is 19.8 Å². The van der Waals surface area contributed by atoms with E-state index >= 15 is 0 Å². The molecule has 1 atom stereocenters. The van der Waals surface area contributed by atoms with Crippen LogP contribution in [0.1, 0.15) is 45.4 Å². The van der Waals surface area contributed by atoms with Gasteiger partial charge in [-0.15, -0.1) is 0 Å². The maximum atomic E-state index is 11.6. The summed E-state index contributed by atoms with van der Waals surface area (Å²) in [6, 6.07) is 0.645. The second-order valence-electron chi connectivity index (χ2n) is 4.55. The lowest BCUT2D eigenvalue weighted by Gasteiger charge is -2.17. The molecule has 1 aliphatic rings. The molecule has 0 aliphatic heterocycles. The molecule has 16 heavy (non-hydrogen) atoms. The lowest BCUT2D eigenvalue weighted by Crippen LogP contribution is -2.42. The smallest absolute Gasteiger partial charge is 0.234 e. The Balaban J connectivity index is 2.12. The van der Waals surface area contributed by atoms with Crippen molar-refractivity contribution in [2.45, 2.75) is 57.5 Å². The Kier molecular flexibility index (Phi) is 6.42. The summed E-state index contributed by atoms with van der Waals surface area (Å²) in [5, 5.41) is 15.0. The minimum Gasteiger partial charge on any atom is -0.396 e. The first-order valence-electron chi connectivity index (χ1n) is 6.39. The number of aliphatic hydroxyl groups excluding tert-OH is 1. The van der Waals surface area contributed by atoms with Crippen LogP contribution in [0.2, 0.25) is 0 Å². The number of rotatable bonds is 7. The number of hydrogen-bond donors (Lipinski definition) is 3. The van der Waals surface area contributed by atoms with Gasteiger partial charge in [0, 0.05) is 18.7 Å². The fraction of sp³-hybridized carbons (Fsp3) is 0.917. The SMILES string of the molecule is CCC(CCO)NCC(=O)NC1CCCC1. The second kappa shape index (κ2) is 7.63.